The lowest BCUT2D eigenvalue weighted by atomic mass is 10.1. The summed E-state index contributed by atoms with van der Waals surface area (Å²) in [4.78, 5) is 20.4. The van der Waals surface area contributed by atoms with E-state index in [-0.39, 0.29) is 5.78 Å². The maximum absolute atomic E-state index is 11.4. The number of nitrogens with zero attached hydrogens (tertiary/aromatic N) is 3. The van der Waals surface area contributed by atoms with Gasteiger partial charge in [0, 0.05) is 22.9 Å². The van der Waals surface area contributed by atoms with Crippen LogP contribution in [0.15, 0.2) is 67.1 Å². The first-order valence-corrected chi connectivity index (χ1v) is 11.5. The van der Waals surface area contributed by atoms with Crippen LogP contribution in [0.1, 0.15) is 70.8 Å². The first kappa shape index (κ1) is 26.8. The number of Topliss-reactive ketones (excluding diaryl/α,β-unsaturated/α-hetero) is 1. The number of hydrogen-bond acceptors (Lipinski definition) is 3. The predicted molar refractivity (Wildman–Crippen MR) is 137 cm³/mol. The number of fused-ring (bicyclic) bond motifs is 1. The van der Waals surface area contributed by atoms with Crippen molar-refractivity contribution in [3.63, 3.8) is 0 Å². The van der Waals surface area contributed by atoms with Crippen LogP contribution >= 0.6 is 0 Å². The van der Waals surface area contributed by atoms with Crippen molar-refractivity contribution in [2.24, 2.45) is 0 Å². The van der Waals surface area contributed by atoms with E-state index >= 15 is 0 Å². The standard InChI is InChI=1S/C21H17N3O.C3H8.2C2H6/c1-14-3-5-18(6-4-14)20-11-23-21-12-22-19(13-24(20)21)17-9-7-16(8-10-17)15(2)25;1-3-2;2*1-2/h3-13H,1-2H3;3H2,1-2H3;2*1-2H3. The molecule has 2 aromatic carbocycles. The molecular weight excluding hydrogens is 394 g/mol. The second-order valence-corrected chi connectivity index (χ2v) is 6.85. The fourth-order valence-electron chi connectivity index (χ4n) is 2.85. The van der Waals surface area contributed by atoms with E-state index in [1.54, 1.807) is 13.1 Å². The third-order valence-corrected chi connectivity index (χ3v) is 4.33. The van der Waals surface area contributed by atoms with Gasteiger partial charge in [0.05, 0.1) is 23.8 Å². The molecule has 2 aromatic heterocycles. The van der Waals surface area contributed by atoms with Gasteiger partial charge in [-0.3, -0.25) is 14.2 Å². The first-order valence-electron chi connectivity index (χ1n) is 11.5. The average molecular weight is 432 g/mol. The Bertz CT molecular complexity index is 1080. The summed E-state index contributed by atoms with van der Waals surface area (Å²) in [5.41, 5.74) is 6.68. The Kier molecular flexibility index (Phi) is 11.6. The van der Waals surface area contributed by atoms with Crippen molar-refractivity contribution in [1.82, 2.24) is 14.4 Å². The molecule has 0 amide bonds. The molecule has 0 aliphatic carbocycles. The van der Waals surface area contributed by atoms with E-state index in [0.717, 1.165) is 28.2 Å². The van der Waals surface area contributed by atoms with Gasteiger partial charge in [-0.15, -0.1) is 0 Å². The summed E-state index contributed by atoms with van der Waals surface area (Å²) in [6.07, 6.45) is 6.87. The summed E-state index contributed by atoms with van der Waals surface area (Å²) in [7, 11) is 0. The largest absolute Gasteiger partial charge is 0.296 e. The lowest BCUT2D eigenvalue weighted by Crippen LogP contribution is -1.94. The molecule has 0 atom stereocenters. The van der Waals surface area contributed by atoms with Gasteiger partial charge in [0.15, 0.2) is 11.4 Å². The van der Waals surface area contributed by atoms with Crippen molar-refractivity contribution < 1.29 is 4.79 Å². The summed E-state index contributed by atoms with van der Waals surface area (Å²) in [6, 6.07) is 15.9. The quantitative estimate of drug-likeness (QED) is 0.308. The number of imidazole rings is 1. The normalized spacial score (nSPS) is 9.50. The fraction of sp³-hybridized carbons (Fsp3) is 0.321. The highest BCUT2D eigenvalue weighted by molar-refractivity contribution is 5.94. The molecule has 4 aromatic rings. The van der Waals surface area contributed by atoms with Gasteiger partial charge >= 0.3 is 0 Å². The van der Waals surface area contributed by atoms with E-state index in [4.69, 9.17) is 0 Å². The minimum Gasteiger partial charge on any atom is -0.296 e. The SMILES string of the molecule is CC.CC.CC(=O)c1ccc(-c2cn3c(-c4ccc(C)cc4)cnc3cn2)cc1.CCC. The van der Waals surface area contributed by atoms with E-state index in [1.807, 2.05) is 68.8 Å². The number of aromatic nitrogens is 3. The number of carbonyl (C=O) groups excluding carboxylic acids is 1. The molecule has 0 unspecified atom stereocenters. The highest BCUT2D eigenvalue weighted by Gasteiger charge is 2.09. The summed E-state index contributed by atoms with van der Waals surface area (Å²) in [5, 5.41) is 0. The maximum atomic E-state index is 11.4. The molecular formula is C28H37N3O. The van der Waals surface area contributed by atoms with Gasteiger partial charge in [-0.05, 0) is 13.8 Å². The molecule has 0 fully saturated rings. The second-order valence-electron chi connectivity index (χ2n) is 6.85. The molecule has 0 N–H and O–H groups in total. The molecule has 4 heteroatoms. The van der Waals surface area contributed by atoms with Gasteiger partial charge in [-0.2, -0.15) is 0 Å². The van der Waals surface area contributed by atoms with Gasteiger partial charge in [0.2, 0.25) is 0 Å². The maximum Gasteiger partial charge on any atom is 0.159 e. The average Bonchev–Trinajstić information content (AvgIpc) is 3.26. The summed E-state index contributed by atoms with van der Waals surface area (Å²) in [5.74, 6) is 0.0613. The minimum atomic E-state index is 0.0613. The van der Waals surface area contributed by atoms with Crippen LogP contribution in [-0.2, 0) is 0 Å². The lowest BCUT2D eigenvalue weighted by Gasteiger charge is -2.06. The minimum absolute atomic E-state index is 0.0613. The molecule has 2 heterocycles. The zero-order valence-corrected chi connectivity index (χ0v) is 20.8. The fourth-order valence-corrected chi connectivity index (χ4v) is 2.85. The zero-order valence-electron chi connectivity index (χ0n) is 20.8. The molecule has 0 aliphatic heterocycles. The monoisotopic (exact) mass is 431 g/mol. The highest BCUT2D eigenvalue weighted by Crippen LogP contribution is 2.24. The first-order chi connectivity index (χ1) is 15.5. The highest BCUT2D eigenvalue weighted by atomic mass is 16.1. The van der Waals surface area contributed by atoms with Crippen LogP contribution < -0.4 is 0 Å². The summed E-state index contributed by atoms with van der Waals surface area (Å²) < 4.78 is 2.05. The molecule has 170 valence electrons. The van der Waals surface area contributed by atoms with Crippen molar-refractivity contribution in [2.75, 3.05) is 0 Å². The van der Waals surface area contributed by atoms with Gasteiger partial charge < -0.3 is 0 Å². The Labute approximate surface area is 193 Å². The Balaban J connectivity index is 0.000000662. The van der Waals surface area contributed by atoms with Crippen LogP contribution in [-0.4, -0.2) is 20.2 Å². The summed E-state index contributed by atoms with van der Waals surface area (Å²) in [6.45, 7) is 15.9. The van der Waals surface area contributed by atoms with Gasteiger partial charge in [0.1, 0.15) is 0 Å². The van der Waals surface area contributed by atoms with Crippen LogP contribution in [0.4, 0.5) is 0 Å². The smallest absolute Gasteiger partial charge is 0.159 e. The zero-order chi connectivity index (χ0) is 24.1. The van der Waals surface area contributed by atoms with Crippen molar-refractivity contribution >= 4 is 11.4 Å². The number of benzene rings is 2. The molecule has 0 saturated heterocycles. The molecule has 0 aliphatic rings. The van der Waals surface area contributed by atoms with E-state index in [0.29, 0.717) is 5.56 Å². The molecule has 0 spiro atoms. The number of ketones is 1. The molecule has 0 saturated carbocycles. The molecule has 0 bridgehead atoms. The van der Waals surface area contributed by atoms with Gasteiger partial charge in [0.25, 0.3) is 0 Å². The Morgan fingerprint density at radius 2 is 1.34 bits per heavy atom. The van der Waals surface area contributed by atoms with Crippen LogP contribution in [0, 0.1) is 6.92 Å². The molecule has 0 radical (unpaired) electrons. The van der Waals surface area contributed by atoms with Crippen LogP contribution in [0.3, 0.4) is 0 Å². The summed E-state index contributed by atoms with van der Waals surface area (Å²) >= 11 is 0. The van der Waals surface area contributed by atoms with Gasteiger partial charge in [-0.1, -0.05) is 102 Å². The number of aryl methyl sites for hydroxylation is 1. The Hall–Kier alpha value is -3.27. The Morgan fingerprint density at radius 1 is 0.812 bits per heavy atom. The molecule has 32 heavy (non-hydrogen) atoms. The van der Waals surface area contributed by atoms with Crippen LogP contribution in [0.5, 0.6) is 0 Å². The molecule has 4 rings (SSSR count). The number of hydrogen-bond donors (Lipinski definition) is 0. The topological polar surface area (TPSA) is 47.3 Å². The predicted octanol–water partition coefficient (Wildman–Crippen LogP) is 8.04. The van der Waals surface area contributed by atoms with Crippen LogP contribution in [0.2, 0.25) is 0 Å². The van der Waals surface area contributed by atoms with Crippen LogP contribution in [0.25, 0.3) is 28.2 Å². The lowest BCUT2D eigenvalue weighted by molar-refractivity contribution is 0.101. The molecule has 4 nitrogen and oxygen atoms in total. The Morgan fingerprint density at radius 3 is 1.88 bits per heavy atom. The van der Waals surface area contributed by atoms with E-state index in [2.05, 4.69) is 55.0 Å². The van der Waals surface area contributed by atoms with Gasteiger partial charge in [-0.25, -0.2) is 4.98 Å². The van der Waals surface area contributed by atoms with E-state index < -0.39 is 0 Å². The van der Waals surface area contributed by atoms with Crippen molar-refractivity contribution in [1.29, 1.82) is 0 Å². The van der Waals surface area contributed by atoms with E-state index in [9.17, 15) is 4.79 Å². The van der Waals surface area contributed by atoms with Crippen molar-refractivity contribution in [3.05, 3.63) is 78.2 Å². The third-order valence-electron chi connectivity index (χ3n) is 4.33. The van der Waals surface area contributed by atoms with E-state index in [1.165, 1.54) is 12.0 Å². The number of rotatable bonds is 3. The van der Waals surface area contributed by atoms with Crippen molar-refractivity contribution in [2.45, 2.75) is 61.8 Å². The van der Waals surface area contributed by atoms with Crippen molar-refractivity contribution in [3.8, 4) is 22.5 Å². The second kappa shape index (κ2) is 13.9. The number of carbonyl (C=O) groups is 1. The third kappa shape index (κ3) is 6.88.